The molecule has 0 saturated heterocycles. The number of rotatable bonds is 3. The normalized spacial score (nSPS) is 11.0. The average Bonchev–Trinajstić information content (AvgIpc) is 2.25. The Hall–Kier alpha value is -1.20. The zero-order chi connectivity index (χ0) is 14.6. The quantitative estimate of drug-likeness (QED) is 0.750. The van der Waals surface area contributed by atoms with Crippen molar-refractivity contribution in [2.45, 2.75) is 32.9 Å². The van der Waals surface area contributed by atoms with E-state index in [1.54, 1.807) is 6.07 Å². The molecule has 3 N–H and O–H groups in total. The minimum atomic E-state index is -0.0967. The van der Waals surface area contributed by atoms with E-state index in [1.165, 1.54) is 13.2 Å². The first-order chi connectivity index (χ1) is 8.73. The molecule has 0 fully saturated rings. The topological polar surface area (TPSA) is 53.5 Å². The van der Waals surface area contributed by atoms with Crippen LogP contribution in [0.2, 0.25) is 5.02 Å². The second-order valence-electron chi connectivity index (χ2n) is 5.17. The van der Waals surface area contributed by atoms with Crippen molar-refractivity contribution < 1.29 is 9.84 Å². The van der Waals surface area contributed by atoms with E-state index in [-0.39, 0.29) is 11.3 Å². The van der Waals surface area contributed by atoms with Crippen molar-refractivity contribution in [1.82, 2.24) is 10.6 Å². The molecule has 4 nitrogen and oxygen atoms in total. The molecule has 0 aromatic heterocycles. The van der Waals surface area contributed by atoms with Gasteiger partial charge in [0.15, 0.2) is 16.6 Å². The van der Waals surface area contributed by atoms with E-state index in [4.69, 9.17) is 28.6 Å². The van der Waals surface area contributed by atoms with Crippen molar-refractivity contribution in [3.05, 3.63) is 22.7 Å². The summed E-state index contributed by atoms with van der Waals surface area (Å²) in [7, 11) is 1.49. The molecule has 1 aromatic rings. The Bertz CT molecular complexity index is 472. The first-order valence-electron chi connectivity index (χ1n) is 5.84. The lowest BCUT2D eigenvalue weighted by molar-refractivity contribution is 0.373. The van der Waals surface area contributed by atoms with Gasteiger partial charge in [0.2, 0.25) is 0 Å². The van der Waals surface area contributed by atoms with Crippen LogP contribution in [0.4, 0.5) is 0 Å². The number of thiocarbonyl (C=S) groups is 1. The summed E-state index contributed by atoms with van der Waals surface area (Å²) in [6, 6.07) is 3.14. The van der Waals surface area contributed by atoms with Crippen LogP contribution in [0.5, 0.6) is 11.5 Å². The molecular weight excluding hydrogens is 284 g/mol. The summed E-state index contributed by atoms with van der Waals surface area (Å²) in [6.45, 7) is 6.53. The molecule has 19 heavy (non-hydrogen) atoms. The van der Waals surface area contributed by atoms with Gasteiger partial charge in [-0.25, -0.2) is 0 Å². The number of aromatic hydroxyl groups is 1. The number of hydrogen-bond donors (Lipinski definition) is 3. The second-order valence-corrected chi connectivity index (χ2v) is 5.99. The summed E-state index contributed by atoms with van der Waals surface area (Å²) in [5.74, 6) is 0.405. The molecule has 0 aliphatic carbocycles. The zero-order valence-corrected chi connectivity index (χ0v) is 13.1. The number of hydrogen-bond acceptors (Lipinski definition) is 3. The van der Waals surface area contributed by atoms with E-state index in [0.29, 0.717) is 22.4 Å². The van der Waals surface area contributed by atoms with Crippen molar-refractivity contribution in [3.63, 3.8) is 0 Å². The summed E-state index contributed by atoms with van der Waals surface area (Å²) in [5.41, 5.74) is 0.704. The Morgan fingerprint density at radius 1 is 1.42 bits per heavy atom. The maximum Gasteiger partial charge on any atom is 0.166 e. The third kappa shape index (κ3) is 5.12. The van der Waals surface area contributed by atoms with E-state index in [9.17, 15) is 5.11 Å². The van der Waals surface area contributed by atoms with Gasteiger partial charge in [-0.1, -0.05) is 11.6 Å². The molecule has 0 bridgehead atoms. The molecule has 0 atom stereocenters. The van der Waals surface area contributed by atoms with E-state index >= 15 is 0 Å². The smallest absolute Gasteiger partial charge is 0.166 e. The van der Waals surface area contributed by atoms with Crippen molar-refractivity contribution in [1.29, 1.82) is 0 Å². The summed E-state index contributed by atoms with van der Waals surface area (Å²) in [5, 5.41) is 16.8. The van der Waals surface area contributed by atoms with Crippen molar-refractivity contribution in [2.75, 3.05) is 7.11 Å². The minimum Gasteiger partial charge on any atom is -0.504 e. The number of ether oxygens (including phenoxy) is 1. The summed E-state index contributed by atoms with van der Waals surface area (Å²) in [6.07, 6.45) is 0. The molecule has 0 amide bonds. The highest BCUT2D eigenvalue weighted by molar-refractivity contribution is 7.80. The predicted octanol–water partition coefficient (Wildman–Crippen LogP) is 2.82. The molecule has 0 saturated carbocycles. The number of nitrogens with one attached hydrogen (secondary N) is 2. The average molecular weight is 303 g/mol. The van der Waals surface area contributed by atoms with Gasteiger partial charge in [-0.3, -0.25) is 0 Å². The first-order valence-corrected chi connectivity index (χ1v) is 6.63. The summed E-state index contributed by atoms with van der Waals surface area (Å²) >= 11 is 11.2. The fourth-order valence-corrected chi connectivity index (χ4v) is 2.05. The molecule has 0 unspecified atom stereocenters. The Morgan fingerprint density at radius 3 is 2.58 bits per heavy atom. The van der Waals surface area contributed by atoms with Gasteiger partial charge in [0, 0.05) is 23.2 Å². The molecule has 106 valence electrons. The maximum absolute atomic E-state index is 9.58. The lowest BCUT2D eigenvalue weighted by atomic mass is 10.1. The van der Waals surface area contributed by atoms with Gasteiger partial charge in [0.25, 0.3) is 0 Å². The van der Waals surface area contributed by atoms with Crippen LogP contribution in [0, 0.1) is 0 Å². The number of halogens is 1. The van der Waals surface area contributed by atoms with Crippen LogP contribution in [0.25, 0.3) is 0 Å². The molecular formula is C13H19ClN2O2S. The number of phenolic OH excluding ortho intramolecular Hbond substituents is 1. The Morgan fingerprint density at radius 2 is 2.05 bits per heavy atom. The molecule has 0 aliphatic rings. The van der Waals surface area contributed by atoms with Gasteiger partial charge >= 0.3 is 0 Å². The van der Waals surface area contributed by atoms with Gasteiger partial charge in [0.05, 0.1) is 7.11 Å². The van der Waals surface area contributed by atoms with Gasteiger partial charge in [-0.2, -0.15) is 0 Å². The van der Waals surface area contributed by atoms with Crippen LogP contribution in [0.1, 0.15) is 26.3 Å². The van der Waals surface area contributed by atoms with Crippen LogP contribution >= 0.6 is 23.8 Å². The van der Waals surface area contributed by atoms with Crippen molar-refractivity contribution in [3.8, 4) is 11.5 Å². The monoisotopic (exact) mass is 302 g/mol. The molecule has 0 radical (unpaired) electrons. The Kier molecular flexibility index (Phi) is 5.26. The fourth-order valence-electron chi connectivity index (χ4n) is 1.44. The van der Waals surface area contributed by atoms with Crippen molar-refractivity contribution in [2.24, 2.45) is 0 Å². The van der Waals surface area contributed by atoms with Gasteiger partial charge in [-0.15, -0.1) is 0 Å². The van der Waals surface area contributed by atoms with Crippen LogP contribution in [-0.4, -0.2) is 22.9 Å². The van der Waals surface area contributed by atoms with Crippen LogP contribution in [0.3, 0.4) is 0 Å². The Balaban J connectivity index is 2.70. The van der Waals surface area contributed by atoms with Gasteiger partial charge < -0.3 is 20.5 Å². The zero-order valence-electron chi connectivity index (χ0n) is 11.5. The first kappa shape index (κ1) is 15.9. The Labute approximate surface area is 124 Å². The van der Waals surface area contributed by atoms with Gasteiger partial charge in [-0.05, 0) is 44.6 Å². The molecule has 6 heteroatoms. The van der Waals surface area contributed by atoms with Crippen LogP contribution < -0.4 is 15.4 Å². The lowest BCUT2D eigenvalue weighted by Gasteiger charge is -2.23. The van der Waals surface area contributed by atoms with Crippen molar-refractivity contribution >= 4 is 28.9 Å². The number of benzene rings is 1. The highest BCUT2D eigenvalue weighted by atomic mass is 35.5. The van der Waals surface area contributed by atoms with Crippen LogP contribution in [0.15, 0.2) is 12.1 Å². The van der Waals surface area contributed by atoms with Crippen LogP contribution in [-0.2, 0) is 6.54 Å². The van der Waals surface area contributed by atoms with E-state index in [0.717, 1.165) is 5.56 Å². The standard InChI is InChI=1S/C13H19ClN2O2S/c1-13(2,3)16-12(19)15-7-8-5-11(18-4)10(17)6-9(8)14/h5-6,17H,7H2,1-4H3,(H2,15,16,19). The summed E-state index contributed by atoms with van der Waals surface area (Å²) in [4.78, 5) is 0. The third-order valence-electron chi connectivity index (χ3n) is 2.28. The fraction of sp³-hybridized carbons (Fsp3) is 0.462. The predicted molar refractivity (Wildman–Crippen MR) is 82.0 cm³/mol. The maximum atomic E-state index is 9.58. The highest BCUT2D eigenvalue weighted by Gasteiger charge is 2.12. The number of methoxy groups -OCH3 is 1. The lowest BCUT2D eigenvalue weighted by Crippen LogP contribution is -2.45. The molecule has 1 aromatic carbocycles. The molecule has 1 rings (SSSR count). The molecule has 0 heterocycles. The molecule has 0 aliphatic heterocycles. The largest absolute Gasteiger partial charge is 0.504 e. The van der Waals surface area contributed by atoms with E-state index in [1.807, 2.05) is 20.8 Å². The highest BCUT2D eigenvalue weighted by Crippen LogP contribution is 2.31. The minimum absolute atomic E-state index is 0.0200. The van der Waals surface area contributed by atoms with E-state index in [2.05, 4.69) is 10.6 Å². The van der Waals surface area contributed by atoms with Gasteiger partial charge in [0.1, 0.15) is 0 Å². The molecule has 0 spiro atoms. The summed E-state index contributed by atoms with van der Waals surface area (Å²) < 4.78 is 5.04. The second kappa shape index (κ2) is 6.30. The third-order valence-corrected chi connectivity index (χ3v) is 2.87. The van der Waals surface area contributed by atoms with E-state index < -0.39 is 0 Å². The number of phenols is 1. The SMILES string of the molecule is COc1cc(CNC(=S)NC(C)(C)C)c(Cl)cc1O.